The lowest BCUT2D eigenvalue weighted by molar-refractivity contribution is -0.230. The number of aliphatic hydroxyl groups is 2. The van der Waals surface area contributed by atoms with Crippen LogP contribution in [-0.4, -0.2) is 105 Å². The van der Waals surface area contributed by atoms with Gasteiger partial charge in [-0.25, -0.2) is 4.79 Å². The number of hydrogen-bond donors (Lipinski definition) is 7. The molecule has 0 spiro atoms. The SMILES string of the molecule is NCCOc1ccc(/C=C/C(=O)CO[C@@]2(C(=O)O)C[C@@H](O)[C@H]3OC[C@@H](CCc4ccccc4)C[C@@H](C(=O)/C=C/c4cc(O)c(O)cc4CO)O[C@@H]3C2)cc1O. The van der Waals surface area contributed by atoms with Gasteiger partial charge in [0.15, 0.2) is 40.2 Å². The molecule has 0 radical (unpaired) electrons. The largest absolute Gasteiger partial charge is 0.504 e. The van der Waals surface area contributed by atoms with Gasteiger partial charge in [-0.05, 0) is 83.9 Å². The number of aromatic hydroxyl groups is 3. The van der Waals surface area contributed by atoms with E-state index in [9.17, 15) is 45.0 Å². The second-order valence-electron chi connectivity index (χ2n) is 13.7. The second kappa shape index (κ2) is 19.0. The highest BCUT2D eigenvalue weighted by atomic mass is 16.6. The summed E-state index contributed by atoms with van der Waals surface area (Å²) in [6, 6.07) is 16.7. The van der Waals surface area contributed by atoms with Crippen LogP contribution in [0.15, 0.2) is 72.8 Å². The lowest BCUT2D eigenvalue weighted by Gasteiger charge is -2.46. The van der Waals surface area contributed by atoms with E-state index in [0.717, 1.165) is 5.56 Å². The minimum absolute atomic E-state index is 0.152. The summed E-state index contributed by atoms with van der Waals surface area (Å²) < 4.78 is 23.7. The van der Waals surface area contributed by atoms with Crippen LogP contribution in [0.4, 0.5) is 0 Å². The predicted molar refractivity (Wildman–Crippen MR) is 199 cm³/mol. The van der Waals surface area contributed by atoms with Crippen LogP contribution < -0.4 is 10.5 Å². The van der Waals surface area contributed by atoms with E-state index in [1.807, 2.05) is 30.3 Å². The summed E-state index contributed by atoms with van der Waals surface area (Å²) in [5.41, 5.74) is 5.47. The number of carboxylic acid groups (broad SMARTS) is 1. The molecule has 1 saturated carbocycles. The van der Waals surface area contributed by atoms with Crippen molar-refractivity contribution < 1.29 is 64.0 Å². The molecule has 2 fully saturated rings. The van der Waals surface area contributed by atoms with Crippen LogP contribution in [0.5, 0.6) is 23.0 Å². The fourth-order valence-electron chi connectivity index (χ4n) is 6.79. The van der Waals surface area contributed by atoms with Crippen molar-refractivity contribution in [3.63, 3.8) is 0 Å². The monoisotopic (exact) mass is 761 g/mol. The molecule has 1 heterocycles. The number of hydrogen-bond acceptors (Lipinski definition) is 13. The fraction of sp³-hybridized carbons (Fsp3) is 0.390. The third-order valence-electron chi connectivity index (χ3n) is 9.76. The van der Waals surface area contributed by atoms with Crippen molar-refractivity contribution in [2.24, 2.45) is 11.7 Å². The number of aliphatic hydroxyl groups excluding tert-OH is 2. The van der Waals surface area contributed by atoms with E-state index in [1.54, 1.807) is 6.07 Å². The molecule has 14 nitrogen and oxygen atoms in total. The Hall–Kier alpha value is -5.09. The predicted octanol–water partition coefficient (Wildman–Crippen LogP) is 3.28. The molecule has 2 aliphatic rings. The zero-order valence-corrected chi connectivity index (χ0v) is 30.2. The van der Waals surface area contributed by atoms with E-state index in [4.69, 9.17) is 24.7 Å². The Labute approximate surface area is 318 Å². The van der Waals surface area contributed by atoms with Crippen molar-refractivity contribution >= 4 is 29.7 Å². The average molecular weight is 762 g/mol. The molecule has 294 valence electrons. The molecule has 1 saturated heterocycles. The number of rotatable bonds is 16. The number of benzene rings is 3. The molecule has 5 rings (SSSR count). The Balaban J connectivity index is 1.33. The maximum absolute atomic E-state index is 13.8. The van der Waals surface area contributed by atoms with Crippen LogP contribution in [0, 0.1) is 5.92 Å². The first-order valence-electron chi connectivity index (χ1n) is 18.0. The van der Waals surface area contributed by atoms with E-state index in [1.165, 1.54) is 48.6 Å². The highest BCUT2D eigenvalue weighted by Crippen LogP contribution is 2.39. The zero-order chi connectivity index (χ0) is 39.5. The first kappa shape index (κ1) is 41.1. The summed E-state index contributed by atoms with van der Waals surface area (Å²) >= 11 is 0. The number of aryl methyl sites for hydroxylation is 1. The van der Waals surface area contributed by atoms with Crippen molar-refractivity contribution in [1.82, 2.24) is 0 Å². The van der Waals surface area contributed by atoms with E-state index < -0.39 is 78.7 Å². The summed E-state index contributed by atoms with van der Waals surface area (Å²) in [7, 11) is 0. The number of carbonyl (C=O) groups excluding carboxylic acids is 2. The van der Waals surface area contributed by atoms with Crippen molar-refractivity contribution in [3.05, 3.63) is 95.1 Å². The normalized spacial score (nSPS) is 24.2. The Kier molecular flexibility index (Phi) is 14.2. The van der Waals surface area contributed by atoms with Gasteiger partial charge in [0.1, 0.15) is 25.4 Å². The minimum atomic E-state index is -2.07. The molecule has 1 aliphatic carbocycles. The quantitative estimate of drug-likeness (QED) is 0.0820. The molecule has 8 N–H and O–H groups in total. The van der Waals surface area contributed by atoms with Crippen LogP contribution in [0.2, 0.25) is 0 Å². The Morgan fingerprint density at radius 3 is 2.42 bits per heavy atom. The first-order chi connectivity index (χ1) is 26.4. The number of fused-ring (bicyclic) bond motifs is 1. The molecule has 0 amide bonds. The number of nitrogens with two attached hydrogens (primary N) is 1. The average Bonchev–Trinajstić information content (AvgIpc) is 3.16. The number of carbonyl (C=O) groups is 3. The Morgan fingerprint density at radius 2 is 1.71 bits per heavy atom. The van der Waals surface area contributed by atoms with E-state index in [2.05, 4.69) is 0 Å². The third kappa shape index (κ3) is 10.8. The summed E-state index contributed by atoms with van der Waals surface area (Å²) in [6.45, 7) is -0.503. The number of carboxylic acids is 1. The lowest BCUT2D eigenvalue weighted by Crippen LogP contribution is -2.60. The van der Waals surface area contributed by atoms with Gasteiger partial charge in [-0.15, -0.1) is 0 Å². The van der Waals surface area contributed by atoms with Crippen LogP contribution in [0.25, 0.3) is 12.2 Å². The number of ketones is 2. The van der Waals surface area contributed by atoms with E-state index >= 15 is 0 Å². The summed E-state index contributed by atoms with van der Waals surface area (Å²) in [5, 5.41) is 61.6. The van der Waals surface area contributed by atoms with Gasteiger partial charge in [-0.3, -0.25) is 9.59 Å². The van der Waals surface area contributed by atoms with Gasteiger partial charge >= 0.3 is 5.97 Å². The highest BCUT2D eigenvalue weighted by Gasteiger charge is 2.54. The summed E-state index contributed by atoms with van der Waals surface area (Å²) in [4.78, 5) is 39.5. The molecule has 0 bridgehead atoms. The molecule has 14 heteroatoms. The van der Waals surface area contributed by atoms with E-state index in [-0.39, 0.29) is 61.1 Å². The number of aliphatic carboxylic acids is 1. The summed E-state index contributed by atoms with van der Waals surface area (Å²) in [5.74, 6) is -3.49. The molecule has 55 heavy (non-hydrogen) atoms. The molecule has 3 aromatic rings. The van der Waals surface area contributed by atoms with Gasteiger partial charge in [-0.1, -0.05) is 48.6 Å². The minimum Gasteiger partial charge on any atom is -0.504 e. The Bertz CT molecular complexity index is 1860. The summed E-state index contributed by atoms with van der Waals surface area (Å²) in [6.07, 6.45) is 1.31. The topological polar surface area (TPSA) is 236 Å². The molecular weight excluding hydrogens is 714 g/mol. The van der Waals surface area contributed by atoms with Crippen LogP contribution in [-0.2, 0) is 41.6 Å². The third-order valence-corrected chi connectivity index (χ3v) is 9.76. The molecule has 0 aromatic heterocycles. The number of phenolic OH excluding ortho intramolecular Hbond substituents is 3. The van der Waals surface area contributed by atoms with Crippen molar-refractivity contribution in [3.8, 4) is 23.0 Å². The smallest absolute Gasteiger partial charge is 0.336 e. The lowest BCUT2D eigenvalue weighted by atomic mass is 9.78. The van der Waals surface area contributed by atoms with Gasteiger partial charge in [0.25, 0.3) is 0 Å². The van der Waals surface area contributed by atoms with Gasteiger partial charge in [-0.2, -0.15) is 0 Å². The fourth-order valence-corrected chi connectivity index (χ4v) is 6.79. The van der Waals surface area contributed by atoms with Crippen molar-refractivity contribution in [1.29, 1.82) is 0 Å². The second-order valence-corrected chi connectivity index (χ2v) is 13.7. The maximum Gasteiger partial charge on any atom is 0.336 e. The van der Waals surface area contributed by atoms with Crippen molar-refractivity contribution in [2.45, 2.75) is 68.7 Å². The highest BCUT2D eigenvalue weighted by molar-refractivity contribution is 5.97. The van der Waals surface area contributed by atoms with Crippen LogP contribution in [0.3, 0.4) is 0 Å². The van der Waals surface area contributed by atoms with Gasteiger partial charge in [0.05, 0.1) is 25.4 Å². The van der Waals surface area contributed by atoms with Gasteiger partial charge in [0.2, 0.25) is 0 Å². The molecular formula is C41H47NO13. The van der Waals surface area contributed by atoms with Gasteiger partial charge < -0.3 is 55.3 Å². The van der Waals surface area contributed by atoms with Crippen LogP contribution >= 0.6 is 0 Å². The van der Waals surface area contributed by atoms with Crippen molar-refractivity contribution in [2.75, 3.05) is 26.4 Å². The zero-order valence-electron chi connectivity index (χ0n) is 30.2. The molecule has 1 aliphatic heterocycles. The number of phenols is 3. The van der Waals surface area contributed by atoms with Gasteiger partial charge in [0, 0.05) is 19.4 Å². The first-order valence-corrected chi connectivity index (χ1v) is 18.0. The molecule has 3 aromatic carbocycles. The van der Waals surface area contributed by atoms with E-state index in [0.29, 0.717) is 18.4 Å². The molecule has 0 unspecified atom stereocenters. The standard InChI is InChI=1S/C41H47NO13/c42-14-15-52-36-13-9-26(16-34(36)48)8-11-30(44)24-54-41(40(50)51)20-35(49)39-38(21-41)55-37(17-27(23-53-39)7-6-25-4-2-1-3-5-25)31(45)12-10-28-18-32(46)33(47)19-29(28)22-43/h1-5,8-13,16,18-19,27,35,37-39,43,46-49H,6-7,14-15,17,20-24,42H2,(H,50,51)/b11-8+,12-10+/t27-,35+,37-,38+,39+,41-/m0/s1. The maximum atomic E-state index is 13.8. The van der Waals surface area contributed by atoms with Crippen LogP contribution in [0.1, 0.15) is 47.9 Å². The Morgan fingerprint density at radius 1 is 0.945 bits per heavy atom. The molecule has 6 atom stereocenters. The number of ether oxygens (including phenoxy) is 4.